The molecule has 2 N–H and O–H groups in total. The van der Waals surface area contributed by atoms with E-state index in [0.29, 0.717) is 18.5 Å². The highest BCUT2D eigenvalue weighted by atomic mass is 16.5. The van der Waals surface area contributed by atoms with Gasteiger partial charge in [-0.15, -0.1) is 0 Å². The van der Waals surface area contributed by atoms with E-state index in [2.05, 4.69) is 26.5 Å². The molecule has 0 fully saturated rings. The van der Waals surface area contributed by atoms with Gasteiger partial charge >= 0.3 is 5.97 Å². The standard InChI is InChI=1S/C10H11N3O2/c1-15-10(14)9-12-6-8(7-13-9)4-2-3-5-11/h6-7H,3,5,11H2,1H3. The summed E-state index contributed by atoms with van der Waals surface area (Å²) in [6.45, 7) is 0.522. The molecule has 0 bridgehead atoms. The molecule has 0 unspecified atom stereocenters. The van der Waals surface area contributed by atoms with E-state index in [1.807, 2.05) is 0 Å². The van der Waals surface area contributed by atoms with Crippen molar-refractivity contribution in [3.05, 3.63) is 23.8 Å². The van der Waals surface area contributed by atoms with Crippen molar-refractivity contribution in [1.29, 1.82) is 0 Å². The predicted octanol–water partition coefficient (Wildman–Crippen LogP) is -0.0365. The maximum absolute atomic E-state index is 11.0. The number of methoxy groups -OCH3 is 1. The first-order valence-electron chi connectivity index (χ1n) is 4.37. The molecular formula is C10H11N3O2. The topological polar surface area (TPSA) is 78.1 Å². The average Bonchev–Trinajstić information content (AvgIpc) is 2.29. The number of carbonyl (C=O) groups is 1. The summed E-state index contributed by atoms with van der Waals surface area (Å²) in [4.78, 5) is 18.6. The van der Waals surface area contributed by atoms with Crippen LogP contribution in [0.25, 0.3) is 0 Å². The molecule has 0 aromatic carbocycles. The lowest BCUT2D eigenvalue weighted by Gasteiger charge is -1.95. The van der Waals surface area contributed by atoms with Crippen LogP contribution in [-0.2, 0) is 4.74 Å². The highest BCUT2D eigenvalue weighted by Gasteiger charge is 2.07. The molecule has 0 aliphatic heterocycles. The van der Waals surface area contributed by atoms with Gasteiger partial charge in [0.25, 0.3) is 0 Å². The molecule has 15 heavy (non-hydrogen) atoms. The number of carbonyl (C=O) groups excluding carboxylic acids is 1. The van der Waals surface area contributed by atoms with E-state index in [1.165, 1.54) is 19.5 Å². The van der Waals surface area contributed by atoms with E-state index >= 15 is 0 Å². The first-order chi connectivity index (χ1) is 7.27. The monoisotopic (exact) mass is 205 g/mol. The van der Waals surface area contributed by atoms with Crippen molar-refractivity contribution < 1.29 is 9.53 Å². The van der Waals surface area contributed by atoms with Gasteiger partial charge in [0.15, 0.2) is 0 Å². The minimum atomic E-state index is -0.559. The summed E-state index contributed by atoms with van der Waals surface area (Å²) in [6.07, 6.45) is 3.57. The molecule has 0 spiro atoms. The van der Waals surface area contributed by atoms with E-state index in [0.717, 1.165) is 0 Å². The second-order valence-corrected chi connectivity index (χ2v) is 2.63. The van der Waals surface area contributed by atoms with Crippen LogP contribution in [-0.4, -0.2) is 29.6 Å². The largest absolute Gasteiger partial charge is 0.463 e. The number of nitrogens with zero attached hydrogens (tertiary/aromatic N) is 2. The molecule has 5 heteroatoms. The fourth-order valence-electron chi connectivity index (χ4n) is 0.826. The molecule has 78 valence electrons. The van der Waals surface area contributed by atoms with Crippen molar-refractivity contribution in [3.8, 4) is 11.8 Å². The predicted molar refractivity (Wildman–Crippen MR) is 53.9 cm³/mol. The number of nitrogens with two attached hydrogens (primary N) is 1. The van der Waals surface area contributed by atoms with Crippen molar-refractivity contribution in [3.63, 3.8) is 0 Å². The van der Waals surface area contributed by atoms with Crippen molar-refractivity contribution in [2.24, 2.45) is 5.73 Å². The summed E-state index contributed by atoms with van der Waals surface area (Å²) in [5.41, 5.74) is 5.93. The molecule has 0 radical (unpaired) electrons. The third-order valence-electron chi connectivity index (χ3n) is 1.52. The fraction of sp³-hybridized carbons (Fsp3) is 0.300. The molecule has 0 atom stereocenters. The number of hydrogen-bond donors (Lipinski definition) is 1. The van der Waals surface area contributed by atoms with E-state index in [9.17, 15) is 4.79 Å². The van der Waals surface area contributed by atoms with E-state index < -0.39 is 5.97 Å². The minimum Gasteiger partial charge on any atom is -0.463 e. The van der Waals surface area contributed by atoms with Crippen molar-refractivity contribution in [2.75, 3.05) is 13.7 Å². The van der Waals surface area contributed by atoms with Crippen LogP contribution in [0.3, 0.4) is 0 Å². The van der Waals surface area contributed by atoms with E-state index in [4.69, 9.17) is 5.73 Å². The normalized spacial score (nSPS) is 8.93. The van der Waals surface area contributed by atoms with Gasteiger partial charge in [-0.3, -0.25) is 0 Å². The number of ether oxygens (including phenoxy) is 1. The molecule has 0 saturated carbocycles. The molecule has 0 aliphatic rings. The summed E-state index contributed by atoms with van der Waals surface area (Å²) in [5.74, 6) is 5.14. The first kappa shape index (κ1) is 11.1. The smallest absolute Gasteiger partial charge is 0.376 e. The highest BCUT2D eigenvalue weighted by molar-refractivity contribution is 5.84. The lowest BCUT2D eigenvalue weighted by molar-refractivity contribution is 0.0586. The number of aromatic nitrogens is 2. The van der Waals surface area contributed by atoms with Gasteiger partial charge in [0.1, 0.15) is 0 Å². The zero-order valence-electron chi connectivity index (χ0n) is 8.36. The quantitative estimate of drug-likeness (QED) is 0.541. The summed E-state index contributed by atoms with van der Waals surface area (Å²) in [5, 5.41) is 0. The van der Waals surface area contributed by atoms with Crippen LogP contribution in [0.1, 0.15) is 22.6 Å². The van der Waals surface area contributed by atoms with Crippen LogP contribution in [0.5, 0.6) is 0 Å². The van der Waals surface area contributed by atoms with Crippen LogP contribution in [0.4, 0.5) is 0 Å². The van der Waals surface area contributed by atoms with Crippen molar-refractivity contribution in [1.82, 2.24) is 9.97 Å². The molecule has 0 aliphatic carbocycles. The summed E-state index contributed by atoms with van der Waals surface area (Å²) < 4.78 is 4.46. The lowest BCUT2D eigenvalue weighted by Crippen LogP contribution is -2.06. The summed E-state index contributed by atoms with van der Waals surface area (Å²) in [7, 11) is 1.28. The second-order valence-electron chi connectivity index (χ2n) is 2.63. The molecule has 1 rings (SSSR count). The third kappa shape index (κ3) is 3.37. The SMILES string of the molecule is COC(=O)c1ncc(C#CCCN)cn1. The van der Waals surface area contributed by atoms with Gasteiger partial charge in [-0.1, -0.05) is 11.8 Å². The van der Waals surface area contributed by atoms with Crippen molar-refractivity contribution in [2.45, 2.75) is 6.42 Å². The number of esters is 1. The molecule has 0 saturated heterocycles. The Hall–Kier alpha value is -1.93. The Morgan fingerprint density at radius 3 is 2.73 bits per heavy atom. The van der Waals surface area contributed by atoms with Crippen LogP contribution in [0, 0.1) is 11.8 Å². The summed E-state index contributed by atoms with van der Waals surface area (Å²) >= 11 is 0. The Morgan fingerprint density at radius 1 is 1.53 bits per heavy atom. The lowest BCUT2D eigenvalue weighted by atomic mass is 10.3. The number of rotatable bonds is 2. The molecule has 1 aromatic heterocycles. The van der Waals surface area contributed by atoms with Crippen LogP contribution in [0.15, 0.2) is 12.4 Å². The molecule has 0 amide bonds. The highest BCUT2D eigenvalue weighted by Crippen LogP contribution is 1.95. The Balaban J connectivity index is 2.73. The second kappa shape index (κ2) is 5.73. The molecule has 1 heterocycles. The van der Waals surface area contributed by atoms with Gasteiger partial charge in [-0.2, -0.15) is 0 Å². The van der Waals surface area contributed by atoms with Gasteiger partial charge in [0, 0.05) is 25.4 Å². The first-order valence-corrected chi connectivity index (χ1v) is 4.37. The Bertz CT molecular complexity index is 389. The Labute approximate surface area is 87.7 Å². The van der Waals surface area contributed by atoms with Gasteiger partial charge in [0.2, 0.25) is 5.82 Å². The molecular weight excluding hydrogens is 194 g/mol. The zero-order chi connectivity index (χ0) is 11.1. The third-order valence-corrected chi connectivity index (χ3v) is 1.52. The van der Waals surface area contributed by atoms with E-state index in [-0.39, 0.29) is 5.82 Å². The van der Waals surface area contributed by atoms with Crippen molar-refractivity contribution >= 4 is 5.97 Å². The minimum absolute atomic E-state index is 0.0295. The van der Waals surface area contributed by atoms with Crippen LogP contribution in [0.2, 0.25) is 0 Å². The number of hydrogen-bond acceptors (Lipinski definition) is 5. The summed E-state index contributed by atoms with van der Waals surface area (Å²) in [6, 6.07) is 0. The molecule has 5 nitrogen and oxygen atoms in total. The fourth-order valence-corrected chi connectivity index (χ4v) is 0.826. The maximum atomic E-state index is 11.0. The maximum Gasteiger partial charge on any atom is 0.376 e. The van der Waals surface area contributed by atoms with E-state index in [1.54, 1.807) is 0 Å². The van der Waals surface area contributed by atoms with Gasteiger partial charge in [-0.25, -0.2) is 14.8 Å². The zero-order valence-corrected chi connectivity index (χ0v) is 8.36. The Kier molecular flexibility index (Phi) is 4.26. The van der Waals surface area contributed by atoms with Crippen LogP contribution < -0.4 is 5.73 Å². The van der Waals surface area contributed by atoms with Crippen LogP contribution >= 0.6 is 0 Å². The van der Waals surface area contributed by atoms with Gasteiger partial charge < -0.3 is 10.5 Å². The molecule has 1 aromatic rings. The van der Waals surface area contributed by atoms with Gasteiger partial charge in [0.05, 0.1) is 12.7 Å². The average molecular weight is 205 g/mol. The Morgan fingerprint density at radius 2 is 2.20 bits per heavy atom. The van der Waals surface area contributed by atoms with Gasteiger partial charge in [-0.05, 0) is 0 Å².